The third kappa shape index (κ3) is 4.07. The summed E-state index contributed by atoms with van der Waals surface area (Å²) in [5, 5.41) is 1.67. The van der Waals surface area contributed by atoms with Crippen molar-refractivity contribution in [2.24, 2.45) is 7.05 Å². The molecule has 3 rings (SSSR count). The fourth-order valence-electron chi connectivity index (χ4n) is 3.31. The fourth-order valence-corrected chi connectivity index (χ4v) is 3.31. The number of methoxy groups -OCH3 is 1. The van der Waals surface area contributed by atoms with E-state index in [1.165, 1.54) is 14.2 Å². The molecule has 0 bridgehead atoms. The van der Waals surface area contributed by atoms with Gasteiger partial charge in [0.15, 0.2) is 6.61 Å². The van der Waals surface area contributed by atoms with Crippen LogP contribution >= 0.6 is 0 Å². The molecule has 2 N–H and O–H groups in total. The van der Waals surface area contributed by atoms with Crippen LogP contribution in [0.25, 0.3) is 10.8 Å². The van der Waals surface area contributed by atoms with Crippen molar-refractivity contribution in [1.29, 1.82) is 0 Å². The van der Waals surface area contributed by atoms with Crippen LogP contribution in [0.4, 0.5) is 5.82 Å². The van der Waals surface area contributed by atoms with Crippen molar-refractivity contribution in [3.63, 3.8) is 0 Å². The molecule has 0 saturated carbocycles. The molecule has 1 heterocycles. The molecule has 0 aliphatic rings. The topological polar surface area (TPSA) is 123 Å². The lowest BCUT2D eigenvalue weighted by molar-refractivity contribution is 0.0471. The Labute approximate surface area is 177 Å². The van der Waals surface area contributed by atoms with E-state index in [1.54, 1.807) is 12.1 Å². The molecule has 2 aromatic carbocycles. The number of carbonyl (C=O) groups excluding carboxylic acids is 2. The van der Waals surface area contributed by atoms with Crippen molar-refractivity contribution < 1.29 is 19.1 Å². The molecule has 0 radical (unpaired) electrons. The third-order valence-corrected chi connectivity index (χ3v) is 4.93. The van der Waals surface area contributed by atoms with Gasteiger partial charge in [0.1, 0.15) is 22.7 Å². The molecule has 162 valence electrons. The van der Waals surface area contributed by atoms with Crippen molar-refractivity contribution in [1.82, 2.24) is 9.13 Å². The zero-order valence-corrected chi connectivity index (χ0v) is 17.5. The molecule has 0 aliphatic heterocycles. The first kappa shape index (κ1) is 21.8. The molecule has 0 amide bonds. The number of ether oxygens (including phenoxy) is 2. The monoisotopic (exact) mass is 425 g/mol. The maximum Gasteiger partial charge on any atom is 0.342 e. The molecular formula is C22H23N3O6. The first-order valence-corrected chi connectivity index (χ1v) is 9.66. The largest absolute Gasteiger partial charge is 0.496 e. The third-order valence-electron chi connectivity index (χ3n) is 4.93. The minimum Gasteiger partial charge on any atom is -0.496 e. The Balaban J connectivity index is 1.90. The highest BCUT2D eigenvalue weighted by Gasteiger charge is 2.23. The predicted octanol–water partition coefficient (Wildman–Crippen LogP) is 1.74. The Morgan fingerprint density at radius 1 is 1.10 bits per heavy atom. The van der Waals surface area contributed by atoms with Gasteiger partial charge in [0.25, 0.3) is 5.56 Å². The van der Waals surface area contributed by atoms with Crippen LogP contribution in [0.2, 0.25) is 0 Å². The number of nitrogens with zero attached hydrogens (tertiary/aromatic N) is 2. The summed E-state index contributed by atoms with van der Waals surface area (Å²) in [6.45, 7) is 1.36. The number of Topliss-reactive ketones (excluding diaryl/α,β-unsaturated/α-hetero) is 1. The van der Waals surface area contributed by atoms with E-state index in [9.17, 15) is 19.2 Å². The van der Waals surface area contributed by atoms with Crippen LogP contribution in [0.15, 0.2) is 46.0 Å². The van der Waals surface area contributed by atoms with Crippen LogP contribution in [0, 0.1) is 0 Å². The molecule has 0 spiro atoms. The van der Waals surface area contributed by atoms with E-state index in [0.717, 1.165) is 19.9 Å². The molecular weight excluding hydrogens is 402 g/mol. The molecule has 9 nitrogen and oxygen atoms in total. The van der Waals surface area contributed by atoms with Crippen molar-refractivity contribution in [2.75, 3.05) is 19.5 Å². The normalized spacial score (nSPS) is 10.8. The first-order valence-electron chi connectivity index (χ1n) is 9.66. The van der Waals surface area contributed by atoms with Crippen LogP contribution in [0.3, 0.4) is 0 Å². The number of aromatic nitrogens is 2. The van der Waals surface area contributed by atoms with Crippen molar-refractivity contribution in [3.8, 4) is 5.75 Å². The molecule has 0 unspecified atom stereocenters. The number of ketones is 1. The second-order valence-electron chi connectivity index (χ2n) is 6.96. The number of esters is 1. The Bertz CT molecular complexity index is 1290. The van der Waals surface area contributed by atoms with Gasteiger partial charge in [-0.3, -0.25) is 18.7 Å². The van der Waals surface area contributed by atoms with E-state index < -0.39 is 29.6 Å². The van der Waals surface area contributed by atoms with Gasteiger partial charge < -0.3 is 15.2 Å². The number of carbonyl (C=O) groups is 2. The highest BCUT2D eigenvalue weighted by molar-refractivity contribution is 6.03. The number of anilines is 1. The Morgan fingerprint density at radius 2 is 1.74 bits per heavy atom. The van der Waals surface area contributed by atoms with E-state index in [-0.39, 0.29) is 23.5 Å². The van der Waals surface area contributed by atoms with Gasteiger partial charge in [-0.15, -0.1) is 0 Å². The minimum absolute atomic E-state index is 0.144. The van der Waals surface area contributed by atoms with Gasteiger partial charge in [-0.05, 0) is 29.3 Å². The van der Waals surface area contributed by atoms with Crippen LogP contribution in [0.5, 0.6) is 5.75 Å². The average molecular weight is 425 g/mol. The lowest BCUT2D eigenvalue weighted by atomic mass is 10.1. The van der Waals surface area contributed by atoms with Gasteiger partial charge in [0.05, 0.1) is 7.11 Å². The zero-order valence-electron chi connectivity index (χ0n) is 17.5. The van der Waals surface area contributed by atoms with Crippen molar-refractivity contribution in [3.05, 3.63) is 68.4 Å². The van der Waals surface area contributed by atoms with Crippen LogP contribution in [-0.4, -0.2) is 34.6 Å². The standard InChI is InChI=1S/C22H23N3O6/c1-4-9-25-19(23)18(20(27)24(2)22(25)29)16(26)12-31-21(28)15-10-13-7-5-6-8-14(13)11-17(15)30-3/h5-8,10-11H,4,9,12,23H2,1-3H3. The second kappa shape index (κ2) is 8.86. The summed E-state index contributed by atoms with van der Waals surface area (Å²) < 4.78 is 12.4. The maximum absolute atomic E-state index is 12.7. The summed E-state index contributed by atoms with van der Waals surface area (Å²) in [6, 6.07) is 10.7. The summed E-state index contributed by atoms with van der Waals surface area (Å²) in [6.07, 6.45) is 0.576. The molecule has 9 heteroatoms. The Hall–Kier alpha value is -3.88. The molecule has 1 aromatic heterocycles. The predicted molar refractivity (Wildman–Crippen MR) is 116 cm³/mol. The van der Waals surface area contributed by atoms with Crippen molar-refractivity contribution >= 4 is 28.3 Å². The number of rotatable bonds is 7. The van der Waals surface area contributed by atoms with Crippen molar-refractivity contribution in [2.45, 2.75) is 19.9 Å². The number of benzene rings is 2. The molecule has 31 heavy (non-hydrogen) atoms. The minimum atomic E-state index is -0.834. The van der Waals surface area contributed by atoms with E-state index in [1.807, 2.05) is 31.2 Å². The fraction of sp³-hybridized carbons (Fsp3) is 0.273. The molecule has 0 atom stereocenters. The number of hydrogen-bond donors (Lipinski definition) is 1. The second-order valence-corrected chi connectivity index (χ2v) is 6.96. The summed E-state index contributed by atoms with van der Waals surface area (Å²) >= 11 is 0. The van der Waals surface area contributed by atoms with E-state index in [2.05, 4.69) is 0 Å². The van der Waals surface area contributed by atoms with Gasteiger partial charge in [-0.2, -0.15) is 0 Å². The highest BCUT2D eigenvalue weighted by atomic mass is 16.5. The summed E-state index contributed by atoms with van der Waals surface area (Å²) in [5.74, 6) is -1.52. The SMILES string of the molecule is CCCn1c(N)c(C(=O)COC(=O)c2cc3ccccc3cc2OC)c(=O)n(C)c1=O. The van der Waals surface area contributed by atoms with Gasteiger partial charge >= 0.3 is 11.7 Å². The van der Waals surface area contributed by atoms with E-state index in [0.29, 0.717) is 12.2 Å². The zero-order chi connectivity index (χ0) is 22.7. The van der Waals surface area contributed by atoms with Gasteiger partial charge in [-0.25, -0.2) is 9.59 Å². The van der Waals surface area contributed by atoms with Crippen LogP contribution < -0.4 is 21.7 Å². The average Bonchev–Trinajstić information content (AvgIpc) is 2.78. The molecule has 3 aromatic rings. The summed E-state index contributed by atoms with van der Waals surface area (Å²) in [5.41, 5.74) is 4.25. The Morgan fingerprint density at radius 3 is 2.35 bits per heavy atom. The van der Waals surface area contributed by atoms with Gasteiger partial charge in [0.2, 0.25) is 5.78 Å². The molecule has 0 aliphatic carbocycles. The lowest BCUT2D eigenvalue weighted by Crippen LogP contribution is -2.43. The van der Waals surface area contributed by atoms with E-state index >= 15 is 0 Å². The number of hydrogen-bond acceptors (Lipinski definition) is 7. The first-order chi connectivity index (χ1) is 14.8. The van der Waals surface area contributed by atoms with Gasteiger partial charge in [0, 0.05) is 13.6 Å². The molecule has 0 fully saturated rings. The lowest BCUT2D eigenvalue weighted by Gasteiger charge is -2.14. The quantitative estimate of drug-likeness (QED) is 0.452. The smallest absolute Gasteiger partial charge is 0.342 e. The summed E-state index contributed by atoms with van der Waals surface area (Å²) in [7, 11) is 2.69. The highest BCUT2D eigenvalue weighted by Crippen LogP contribution is 2.26. The number of nitrogen functional groups attached to an aromatic ring is 1. The number of nitrogens with two attached hydrogens (primary N) is 1. The van der Waals surface area contributed by atoms with Crippen LogP contribution in [-0.2, 0) is 18.3 Å². The van der Waals surface area contributed by atoms with Crippen LogP contribution in [0.1, 0.15) is 34.1 Å². The Kier molecular flexibility index (Phi) is 6.24. The van der Waals surface area contributed by atoms with Gasteiger partial charge in [-0.1, -0.05) is 31.2 Å². The van der Waals surface area contributed by atoms with E-state index in [4.69, 9.17) is 15.2 Å². The maximum atomic E-state index is 12.7. The summed E-state index contributed by atoms with van der Waals surface area (Å²) in [4.78, 5) is 50.0. The number of fused-ring (bicyclic) bond motifs is 1. The molecule has 0 saturated heterocycles.